The van der Waals surface area contributed by atoms with E-state index in [9.17, 15) is 18.3 Å². The Bertz CT molecular complexity index is 670. The molecule has 3 N–H and O–H groups in total. The fourth-order valence-electron chi connectivity index (χ4n) is 1.62. The van der Waals surface area contributed by atoms with E-state index >= 15 is 0 Å². The zero-order chi connectivity index (χ0) is 15.5. The monoisotopic (exact) mass is 296 g/mol. The number of para-hydroxylation sites is 1. The summed E-state index contributed by atoms with van der Waals surface area (Å²) in [6.45, 7) is 0. The van der Waals surface area contributed by atoms with Gasteiger partial charge in [-0.15, -0.1) is 0 Å². The molecule has 0 aromatic heterocycles. The predicted molar refractivity (Wildman–Crippen MR) is 72.4 cm³/mol. The molecule has 0 saturated carbocycles. The highest BCUT2D eigenvalue weighted by molar-refractivity contribution is 5.81. The molecule has 21 heavy (non-hydrogen) atoms. The van der Waals surface area contributed by atoms with Gasteiger partial charge in [-0.05, 0) is 35.9 Å². The maximum absolute atomic E-state index is 12.7. The summed E-state index contributed by atoms with van der Waals surface area (Å²) in [6.07, 6.45) is -3.25. The van der Waals surface area contributed by atoms with E-state index in [1.807, 2.05) is 0 Å². The number of phenols is 2. The third kappa shape index (κ3) is 3.65. The molecule has 110 valence electrons. The van der Waals surface area contributed by atoms with Crippen molar-refractivity contribution >= 4 is 11.9 Å². The molecule has 4 nitrogen and oxygen atoms in total. The first kappa shape index (κ1) is 14.7. The molecule has 0 heterocycles. The van der Waals surface area contributed by atoms with Crippen LogP contribution in [-0.2, 0) is 6.18 Å². The predicted octanol–water partition coefficient (Wildman–Crippen LogP) is 3.56. The topological polar surface area (TPSA) is 64.9 Å². The van der Waals surface area contributed by atoms with Crippen LogP contribution >= 0.6 is 0 Å². The smallest absolute Gasteiger partial charge is 0.418 e. The average Bonchev–Trinajstić information content (AvgIpc) is 2.42. The Balaban J connectivity index is 2.16. The normalized spacial score (nSPS) is 11.8. The van der Waals surface area contributed by atoms with Crippen LogP contribution in [0.1, 0.15) is 11.1 Å². The van der Waals surface area contributed by atoms with Crippen LogP contribution < -0.4 is 5.43 Å². The molecule has 0 aliphatic carbocycles. The van der Waals surface area contributed by atoms with Crippen molar-refractivity contribution in [2.24, 2.45) is 5.10 Å². The maximum Gasteiger partial charge on any atom is 0.418 e. The summed E-state index contributed by atoms with van der Waals surface area (Å²) in [5.74, 6) is -0.628. The van der Waals surface area contributed by atoms with Crippen LogP contribution in [0.2, 0.25) is 0 Å². The summed E-state index contributed by atoms with van der Waals surface area (Å²) < 4.78 is 38.2. The van der Waals surface area contributed by atoms with Crippen LogP contribution in [0.5, 0.6) is 11.5 Å². The van der Waals surface area contributed by atoms with E-state index in [1.165, 1.54) is 42.6 Å². The summed E-state index contributed by atoms with van der Waals surface area (Å²) in [4.78, 5) is 0. The minimum absolute atomic E-state index is 0.177. The molecule has 0 amide bonds. The maximum atomic E-state index is 12.7. The number of rotatable bonds is 3. The van der Waals surface area contributed by atoms with Gasteiger partial charge in [0.1, 0.15) is 0 Å². The molecule has 0 fully saturated rings. The van der Waals surface area contributed by atoms with Gasteiger partial charge in [0.15, 0.2) is 11.5 Å². The molecule has 2 rings (SSSR count). The van der Waals surface area contributed by atoms with Gasteiger partial charge < -0.3 is 10.2 Å². The first-order valence-electron chi connectivity index (χ1n) is 5.85. The lowest BCUT2D eigenvalue weighted by Crippen LogP contribution is -2.08. The zero-order valence-electron chi connectivity index (χ0n) is 10.6. The fourth-order valence-corrected chi connectivity index (χ4v) is 1.62. The number of benzene rings is 2. The van der Waals surface area contributed by atoms with Crippen LogP contribution in [0.15, 0.2) is 47.6 Å². The van der Waals surface area contributed by atoms with Gasteiger partial charge in [0.25, 0.3) is 0 Å². The van der Waals surface area contributed by atoms with Gasteiger partial charge in [0, 0.05) is 0 Å². The number of alkyl halides is 3. The zero-order valence-corrected chi connectivity index (χ0v) is 10.6. The first-order valence-corrected chi connectivity index (χ1v) is 5.85. The first-order chi connectivity index (χ1) is 9.88. The molecule has 0 atom stereocenters. The van der Waals surface area contributed by atoms with Gasteiger partial charge in [-0.25, -0.2) is 0 Å². The standard InChI is InChI=1S/C14H11F3N2O2/c15-14(16,17)10-3-1-2-4-11(10)19-18-8-9-5-6-12(20)13(21)7-9/h1-8,19-21H. The van der Waals surface area contributed by atoms with Gasteiger partial charge in [-0.2, -0.15) is 18.3 Å². The Morgan fingerprint density at radius 3 is 2.38 bits per heavy atom. The summed E-state index contributed by atoms with van der Waals surface area (Å²) in [5.41, 5.74) is 1.73. The molecule has 7 heteroatoms. The fraction of sp³-hybridized carbons (Fsp3) is 0.0714. The molecule has 2 aromatic rings. The van der Waals surface area contributed by atoms with Gasteiger partial charge in [0.05, 0.1) is 17.5 Å². The second-order valence-electron chi connectivity index (χ2n) is 4.16. The summed E-state index contributed by atoms with van der Waals surface area (Å²) in [7, 11) is 0. The van der Waals surface area contributed by atoms with E-state index < -0.39 is 11.7 Å². The number of hydrogen-bond donors (Lipinski definition) is 3. The molecular formula is C14H11F3N2O2. The lowest BCUT2D eigenvalue weighted by Gasteiger charge is -2.11. The van der Waals surface area contributed by atoms with E-state index in [0.717, 1.165) is 6.07 Å². The highest BCUT2D eigenvalue weighted by atomic mass is 19.4. The number of nitrogens with zero attached hydrogens (tertiary/aromatic N) is 1. The highest BCUT2D eigenvalue weighted by Crippen LogP contribution is 2.34. The molecule has 0 bridgehead atoms. The van der Waals surface area contributed by atoms with Gasteiger partial charge in [0.2, 0.25) is 0 Å². The molecule has 0 saturated heterocycles. The van der Waals surface area contributed by atoms with E-state index in [0.29, 0.717) is 5.56 Å². The number of aromatic hydroxyl groups is 2. The lowest BCUT2D eigenvalue weighted by atomic mass is 10.2. The Morgan fingerprint density at radius 1 is 1.00 bits per heavy atom. The quantitative estimate of drug-likeness (QED) is 0.461. The molecule has 2 aromatic carbocycles. The molecule has 0 radical (unpaired) electrons. The molecule has 0 unspecified atom stereocenters. The Hall–Kier alpha value is -2.70. The Labute approximate surface area is 118 Å². The number of nitrogens with one attached hydrogen (secondary N) is 1. The number of phenolic OH excluding ortho intramolecular Hbond substituents is 2. The van der Waals surface area contributed by atoms with E-state index in [-0.39, 0.29) is 17.2 Å². The summed E-state index contributed by atoms with van der Waals surface area (Å²) in [6, 6.07) is 8.89. The van der Waals surface area contributed by atoms with Crippen molar-refractivity contribution in [2.75, 3.05) is 5.43 Å². The molecule has 0 spiro atoms. The third-order valence-corrected chi connectivity index (χ3v) is 2.63. The number of hydrogen-bond acceptors (Lipinski definition) is 4. The average molecular weight is 296 g/mol. The van der Waals surface area contributed by atoms with Crippen molar-refractivity contribution in [3.63, 3.8) is 0 Å². The van der Waals surface area contributed by atoms with Crippen LogP contribution in [0.4, 0.5) is 18.9 Å². The number of hydrazone groups is 1. The Morgan fingerprint density at radius 2 is 1.71 bits per heavy atom. The van der Waals surface area contributed by atoms with E-state index in [2.05, 4.69) is 10.5 Å². The van der Waals surface area contributed by atoms with Crippen molar-refractivity contribution in [1.29, 1.82) is 0 Å². The van der Waals surface area contributed by atoms with Crippen LogP contribution in [-0.4, -0.2) is 16.4 Å². The SMILES string of the molecule is Oc1ccc(C=NNc2ccccc2C(F)(F)F)cc1O. The largest absolute Gasteiger partial charge is 0.504 e. The van der Waals surface area contributed by atoms with Crippen LogP contribution in [0.25, 0.3) is 0 Å². The van der Waals surface area contributed by atoms with Gasteiger partial charge in [-0.1, -0.05) is 12.1 Å². The lowest BCUT2D eigenvalue weighted by molar-refractivity contribution is -0.136. The van der Waals surface area contributed by atoms with Gasteiger partial charge >= 0.3 is 6.18 Å². The highest BCUT2D eigenvalue weighted by Gasteiger charge is 2.33. The van der Waals surface area contributed by atoms with Crippen molar-refractivity contribution in [1.82, 2.24) is 0 Å². The minimum atomic E-state index is -4.48. The van der Waals surface area contributed by atoms with Crippen molar-refractivity contribution in [2.45, 2.75) is 6.18 Å². The molecule has 0 aliphatic rings. The van der Waals surface area contributed by atoms with Gasteiger partial charge in [-0.3, -0.25) is 5.43 Å². The third-order valence-electron chi connectivity index (χ3n) is 2.63. The van der Waals surface area contributed by atoms with E-state index in [4.69, 9.17) is 5.11 Å². The molecular weight excluding hydrogens is 285 g/mol. The summed E-state index contributed by atoms with van der Waals surface area (Å²) >= 11 is 0. The van der Waals surface area contributed by atoms with Crippen molar-refractivity contribution < 1.29 is 23.4 Å². The number of halogens is 3. The Kier molecular flexibility index (Phi) is 4.02. The van der Waals surface area contributed by atoms with Crippen LogP contribution in [0.3, 0.4) is 0 Å². The minimum Gasteiger partial charge on any atom is -0.504 e. The second kappa shape index (κ2) is 5.74. The van der Waals surface area contributed by atoms with E-state index in [1.54, 1.807) is 0 Å². The van der Waals surface area contributed by atoms with Crippen molar-refractivity contribution in [3.8, 4) is 11.5 Å². The second-order valence-corrected chi connectivity index (χ2v) is 4.16. The number of anilines is 1. The molecule has 0 aliphatic heterocycles. The summed E-state index contributed by atoms with van der Waals surface area (Å²) in [5, 5.41) is 22.1. The van der Waals surface area contributed by atoms with Crippen molar-refractivity contribution in [3.05, 3.63) is 53.6 Å². The van der Waals surface area contributed by atoms with Crippen LogP contribution in [0, 0.1) is 0 Å².